The molecule has 0 radical (unpaired) electrons. The second-order valence-corrected chi connectivity index (χ2v) is 9.42. The molecule has 0 bridgehead atoms. The summed E-state index contributed by atoms with van der Waals surface area (Å²) in [6.07, 6.45) is 2.80. The van der Waals surface area contributed by atoms with Gasteiger partial charge in [0, 0.05) is 35.4 Å². The first-order valence-electron chi connectivity index (χ1n) is 9.98. The second kappa shape index (κ2) is 8.23. The van der Waals surface area contributed by atoms with Crippen LogP contribution in [0.25, 0.3) is 0 Å². The molecule has 0 unspecified atom stereocenters. The monoisotopic (exact) mass is 426 g/mol. The SMILES string of the molecule is Cc1nc(NCc2nnc(C)s2)cc(OC[C@H]2C[C@@H]2c2ccc(C(C)(C)O)cn2)n1. The highest BCUT2D eigenvalue weighted by Gasteiger charge is 2.40. The van der Waals surface area contributed by atoms with E-state index in [1.165, 1.54) is 0 Å². The largest absolute Gasteiger partial charge is 0.477 e. The van der Waals surface area contributed by atoms with Crippen LogP contribution < -0.4 is 10.1 Å². The minimum absolute atomic E-state index is 0.391. The molecule has 0 saturated heterocycles. The predicted octanol–water partition coefficient (Wildman–Crippen LogP) is 3.36. The van der Waals surface area contributed by atoms with E-state index in [0.29, 0.717) is 42.5 Å². The summed E-state index contributed by atoms with van der Waals surface area (Å²) in [7, 11) is 0. The number of rotatable bonds is 8. The number of anilines is 1. The lowest BCUT2D eigenvalue weighted by Crippen LogP contribution is -2.15. The molecule has 9 heteroatoms. The third-order valence-electron chi connectivity index (χ3n) is 5.04. The van der Waals surface area contributed by atoms with Crippen LogP contribution in [0.4, 0.5) is 5.82 Å². The Labute approximate surface area is 179 Å². The number of ether oxygens (including phenoxy) is 1. The van der Waals surface area contributed by atoms with Crippen molar-refractivity contribution in [3.8, 4) is 5.88 Å². The summed E-state index contributed by atoms with van der Waals surface area (Å²) < 4.78 is 5.95. The lowest BCUT2D eigenvalue weighted by Gasteiger charge is -2.17. The maximum absolute atomic E-state index is 10.1. The molecule has 8 nitrogen and oxygen atoms in total. The zero-order valence-corrected chi connectivity index (χ0v) is 18.4. The predicted molar refractivity (Wildman–Crippen MR) is 115 cm³/mol. The minimum atomic E-state index is -0.872. The molecule has 0 aromatic carbocycles. The van der Waals surface area contributed by atoms with Crippen LogP contribution in [-0.2, 0) is 12.1 Å². The van der Waals surface area contributed by atoms with Gasteiger partial charge in [-0.15, -0.1) is 10.2 Å². The van der Waals surface area contributed by atoms with Crippen LogP contribution >= 0.6 is 11.3 Å². The first-order chi connectivity index (χ1) is 14.3. The molecule has 0 aliphatic heterocycles. The number of aryl methyl sites for hydroxylation is 2. The van der Waals surface area contributed by atoms with E-state index in [0.717, 1.165) is 27.7 Å². The molecule has 0 spiro atoms. The molecule has 2 atom stereocenters. The average molecular weight is 427 g/mol. The van der Waals surface area contributed by atoms with E-state index in [1.807, 2.05) is 32.0 Å². The fourth-order valence-electron chi connectivity index (χ4n) is 3.25. The highest BCUT2D eigenvalue weighted by Crippen LogP contribution is 2.46. The molecule has 2 N–H and O–H groups in total. The molecule has 0 amide bonds. The Morgan fingerprint density at radius 3 is 2.73 bits per heavy atom. The first kappa shape index (κ1) is 20.6. The van der Waals surface area contributed by atoms with Gasteiger partial charge in [-0.05, 0) is 40.2 Å². The Morgan fingerprint density at radius 2 is 2.07 bits per heavy atom. The van der Waals surface area contributed by atoms with Gasteiger partial charge < -0.3 is 15.2 Å². The van der Waals surface area contributed by atoms with Gasteiger partial charge in [-0.2, -0.15) is 4.98 Å². The lowest BCUT2D eigenvalue weighted by molar-refractivity contribution is 0.0782. The maximum Gasteiger partial charge on any atom is 0.218 e. The van der Waals surface area contributed by atoms with E-state index in [9.17, 15) is 5.11 Å². The molecule has 1 saturated carbocycles. The zero-order valence-electron chi connectivity index (χ0n) is 17.6. The summed E-state index contributed by atoms with van der Waals surface area (Å²) in [5.74, 6) is 2.74. The van der Waals surface area contributed by atoms with E-state index in [-0.39, 0.29) is 0 Å². The van der Waals surface area contributed by atoms with Crippen LogP contribution in [0.2, 0.25) is 0 Å². The van der Waals surface area contributed by atoms with Crippen molar-refractivity contribution in [3.63, 3.8) is 0 Å². The molecule has 1 fully saturated rings. The topological polar surface area (TPSA) is 106 Å². The van der Waals surface area contributed by atoms with E-state index in [2.05, 4.69) is 30.5 Å². The molecule has 1 aliphatic carbocycles. The van der Waals surface area contributed by atoms with Crippen LogP contribution in [0.1, 0.15) is 53.3 Å². The first-order valence-corrected chi connectivity index (χ1v) is 10.8. The number of nitrogens with zero attached hydrogens (tertiary/aromatic N) is 5. The number of hydrogen-bond acceptors (Lipinski definition) is 9. The van der Waals surface area contributed by atoms with Crippen molar-refractivity contribution in [3.05, 3.63) is 51.5 Å². The molecule has 3 aromatic rings. The van der Waals surface area contributed by atoms with E-state index < -0.39 is 5.60 Å². The van der Waals surface area contributed by atoms with Gasteiger partial charge in [-0.3, -0.25) is 4.98 Å². The third kappa shape index (κ3) is 5.09. The van der Waals surface area contributed by atoms with E-state index in [4.69, 9.17) is 4.74 Å². The van der Waals surface area contributed by atoms with Crippen LogP contribution in [0.5, 0.6) is 5.88 Å². The smallest absolute Gasteiger partial charge is 0.218 e. The van der Waals surface area contributed by atoms with Gasteiger partial charge in [0.2, 0.25) is 5.88 Å². The number of hydrogen-bond donors (Lipinski definition) is 2. The number of aromatic nitrogens is 5. The second-order valence-electron chi connectivity index (χ2n) is 8.15. The number of aliphatic hydroxyl groups is 1. The Balaban J connectivity index is 1.31. The minimum Gasteiger partial charge on any atom is -0.477 e. The van der Waals surface area contributed by atoms with Gasteiger partial charge in [0.05, 0.1) is 18.8 Å². The Morgan fingerprint density at radius 1 is 1.23 bits per heavy atom. The zero-order chi connectivity index (χ0) is 21.3. The normalized spacial score (nSPS) is 18.3. The van der Waals surface area contributed by atoms with Crippen LogP contribution in [0.3, 0.4) is 0 Å². The maximum atomic E-state index is 10.1. The summed E-state index contributed by atoms with van der Waals surface area (Å²) in [4.78, 5) is 13.3. The summed E-state index contributed by atoms with van der Waals surface area (Å²) >= 11 is 1.56. The highest BCUT2D eigenvalue weighted by molar-refractivity contribution is 7.11. The van der Waals surface area contributed by atoms with Crippen LogP contribution in [-0.4, -0.2) is 36.9 Å². The van der Waals surface area contributed by atoms with E-state index >= 15 is 0 Å². The van der Waals surface area contributed by atoms with Gasteiger partial charge in [0.15, 0.2) is 0 Å². The Hall–Kier alpha value is -2.65. The lowest BCUT2D eigenvalue weighted by atomic mass is 10.00. The summed E-state index contributed by atoms with van der Waals surface area (Å²) in [6, 6.07) is 5.77. The summed E-state index contributed by atoms with van der Waals surface area (Å²) in [5, 5.41) is 23.3. The van der Waals surface area contributed by atoms with Crippen molar-refractivity contribution in [2.24, 2.45) is 5.92 Å². The molecule has 158 valence electrons. The van der Waals surface area contributed by atoms with Crippen molar-refractivity contribution in [2.45, 2.75) is 52.2 Å². The highest BCUT2D eigenvalue weighted by atomic mass is 32.1. The molecular weight excluding hydrogens is 400 g/mol. The number of pyridine rings is 1. The Bertz CT molecular complexity index is 1020. The molecule has 3 aromatic heterocycles. The van der Waals surface area contributed by atoms with Crippen LogP contribution in [0, 0.1) is 19.8 Å². The van der Waals surface area contributed by atoms with Gasteiger partial charge in [0.1, 0.15) is 21.7 Å². The van der Waals surface area contributed by atoms with Crippen LogP contribution in [0.15, 0.2) is 24.4 Å². The standard InChI is InChI=1S/C21H26N6O2S/c1-12-24-18(23-10-20-27-26-13(2)30-20)8-19(25-12)29-11-14-7-16(14)17-6-5-15(9-22-17)21(3,4)28/h5-6,8-9,14,16,28H,7,10-11H2,1-4H3,(H,23,24,25)/t14-,16+/m1/s1. The van der Waals surface area contributed by atoms with Gasteiger partial charge in [-0.1, -0.05) is 17.4 Å². The summed E-state index contributed by atoms with van der Waals surface area (Å²) in [5.41, 5.74) is 0.994. The molecule has 30 heavy (non-hydrogen) atoms. The van der Waals surface area contributed by atoms with Gasteiger partial charge in [0.25, 0.3) is 0 Å². The van der Waals surface area contributed by atoms with Crippen molar-refractivity contribution >= 4 is 17.2 Å². The van der Waals surface area contributed by atoms with Crippen molar-refractivity contribution in [1.82, 2.24) is 25.1 Å². The van der Waals surface area contributed by atoms with E-state index in [1.54, 1.807) is 31.4 Å². The van der Waals surface area contributed by atoms with Gasteiger partial charge >= 0.3 is 0 Å². The Kier molecular flexibility index (Phi) is 5.66. The molecule has 1 aliphatic rings. The van der Waals surface area contributed by atoms with Crippen molar-refractivity contribution in [2.75, 3.05) is 11.9 Å². The fraction of sp³-hybridized carbons (Fsp3) is 0.476. The summed E-state index contributed by atoms with van der Waals surface area (Å²) in [6.45, 7) is 8.47. The van der Waals surface area contributed by atoms with Gasteiger partial charge in [-0.25, -0.2) is 4.98 Å². The number of nitrogens with one attached hydrogen (secondary N) is 1. The quantitative estimate of drug-likeness (QED) is 0.565. The van der Waals surface area contributed by atoms with Crippen molar-refractivity contribution < 1.29 is 9.84 Å². The molecular formula is C21H26N6O2S. The molecule has 4 rings (SSSR count). The fourth-order valence-corrected chi connectivity index (χ4v) is 3.90. The van der Waals surface area contributed by atoms with Crippen molar-refractivity contribution in [1.29, 1.82) is 0 Å². The molecule has 3 heterocycles. The third-order valence-corrected chi connectivity index (χ3v) is 5.88. The average Bonchev–Trinajstić information content (AvgIpc) is 3.36.